The highest BCUT2D eigenvalue weighted by Gasteiger charge is 2.17. The number of rotatable bonds is 4. The van der Waals surface area contributed by atoms with E-state index in [4.69, 9.17) is 5.90 Å². The van der Waals surface area contributed by atoms with Crippen molar-refractivity contribution in [3.05, 3.63) is 23.5 Å². The summed E-state index contributed by atoms with van der Waals surface area (Å²) in [6.07, 6.45) is 1.07. The van der Waals surface area contributed by atoms with Gasteiger partial charge in [-0.25, -0.2) is 18.7 Å². The molecule has 0 bridgehead atoms. The third-order valence-electron chi connectivity index (χ3n) is 2.02. The van der Waals surface area contributed by atoms with Gasteiger partial charge in [0.15, 0.2) is 9.84 Å². The van der Waals surface area contributed by atoms with Crippen LogP contribution in [-0.4, -0.2) is 26.4 Å². The first-order valence-corrected chi connectivity index (χ1v) is 6.28. The lowest BCUT2D eigenvalue weighted by molar-refractivity contribution is 0.140. The van der Waals surface area contributed by atoms with Crippen LogP contribution in [0, 0.1) is 5.82 Å². The van der Waals surface area contributed by atoms with Crippen LogP contribution in [0.1, 0.15) is 5.56 Å². The fourth-order valence-electron chi connectivity index (χ4n) is 1.24. The van der Waals surface area contributed by atoms with Crippen molar-refractivity contribution in [3.8, 4) is 5.75 Å². The summed E-state index contributed by atoms with van der Waals surface area (Å²) in [6, 6.07) is 1.85. The van der Waals surface area contributed by atoms with Crippen LogP contribution in [0.5, 0.6) is 5.75 Å². The summed E-state index contributed by atoms with van der Waals surface area (Å²) < 4.78 is 35.7. The lowest BCUT2D eigenvalue weighted by Gasteiger charge is -2.07. The quantitative estimate of drug-likeness (QED) is 0.752. The van der Waals surface area contributed by atoms with Gasteiger partial charge < -0.3 is 9.94 Å². The van der Waals surface area contributed by atoms with Gasteiger partial charge in [0.05, 0.1) is 6.61 Å². The van der Waals surface area contributed by atoms with E-state index >= 15 is 0 Å². The number of nitrogens with two attached hydrogens (primary N) is 1. The van der Waals surface area contributed by atoms with E-state index in [1.807, 2.05) is 0 Å². The minimum absolute atomic E-state index is 0.102. The third-order valence-corrected chi connectivity index (χ3v) is 3.13. The molecule has 0 fully saturated rings. The fourth-order valence-corrected chi connectivity index (χ4v) is 1.98. The molecule has 7 heteroatoms. The molecule has 0 aliphatic carbocycles. The maximum Gasteiger partial charge on any atom is 0.178 e. The van der Waals surface area contributed by atoms with Gasteiger partial charge in [-0.2, -0.15) is 0 Å². The zero-order valence-corrected chi connectivity index (χ0v) is 9.42. The van der Waals surface area contributed by atoms with E-state index in [1.165, 1.54) is 0 Å². The first-order valence-electron chi connectivity index (χ1n) is 4.39. The zero-order valence-electron chi connectivity index (χ0n) is 8.60. The van der Waals surface area contributed by atoms with Gasteiger partial charge in [0.25, 0.3) is 0 Å². The Bertz CT molecular complexity index is 487. The molecule has 0 aliphatic heterocycles. The summed E-state index contributed by atoms with van der Waals surface area (Å²) in [6.45, 7) is 0.102. The molecule has 1 rings (SSSR count). The van der Waals surface area contributed by atoms with E-state index in [-0.39, 0.29) is 24.3 Å². The third kappa shape index (κ3) is 2.91. The van der Waals surface area contributed by atoms with Crippen LogP contribution in [-0.2, 0) is 21.1 Å². The van der Waals surface area contributed by atoms with Crippen molar-refractivity contribution in [2.24, 2.45) is 5.90 Å². The Morgan fingerprint density at radius 1 is 1.50 bits per heavy atom. The standard InChI is InChI=1S/C9H12FNO4S/c1-16(13,14)9-5-8(12)6(2-3-15-11)4-7(9)10/h4-5,12H,2-3,11H2,1H3. The minimum Gasteiger partial charge on any atom is -0.508 e. The smallest absolute Gasteiger partial charge is 0.178 e. The highest BCUT2D eigenvalue weighted by molar-refractivity contribution is 7.90. The second kappa shape index (κ2) is 4.77. The maximum atomic E-state index is 13.4. The average Bonchev–Trinajstić information content (AvgIpc) is 2.17. The highest BCUT2D eigenvalue weighted by Crippen LogP contribution is 2.25. The summed E-state index contributed by atoms with van der Waals surface area (Å²) in [4.78, 5) is 3.76. The molecule has 0 unspecified atom stereocenters. The number of aromatic hydroxyl groups is 1. The van der Waals surface area contributed by atoms with Crippen molar-refractivity contribution < 1.29 is 22.8 Å². The van der Waals surface area contributed by atoms with Crippen LogP contribution in [0.2, 0.25) is 0 Å². The molecular weight excluding hydrogens is 237 g/mol. The summed E-state index contributed by atoms with van der Waals surface area (Å²) in [5.41, 5.74) is 0.246. The van der Waals surface area contributed by atoms with E-state index in [0.717, 1.165) is 18.4 Å². The molecule has 16 heavy (non-hydrogen) atoms. The molecule has 0 saturated heterocycles. The number of hydrogen-bond acceptors (Lipinski definition) is 5. The van der Waals surface area contributed by atoms with Crippen molar-refractivity contribution in [1.29, 1.82) is 0 Å². The Morgan fingerprint density at radius 2 is 2.12 bits per heavy atom. The SMILES string of the molecule is CS(=O)(=O)c1cc(O)c(CCON)cc1F. The molecule has 3 N–H and O–H groups in total. The van der Waals surface area contributed by atoms with Gasteiger partial charge >= 0.3 is 0 Å². The second-order valence-corrected chi connectivity index (χ2v) is 5.29. The van der Waals surface area contributed by atoms with Gasteiger partial charge in [-0.15, -0.1) is 0 Å². The number of benzene rings is 1. The molecule has 0 amide bonds. The molecule has 0 atom stereocenters. The Labute approximate surface area is 92.5 Å². The Balaban J connectivity index is 3.17. The lowest BCUT2D eigenvalue weighted by atomic mass is 10.1. The average molecular weight is 249 g/mol. The van der Waals surface area contributed by atoms with E-state index in [1.54, 1.807) is 0 Å². The summed E-state index contributed by atoms with van der Waals surface area (Å²) in [5, 5.41) is 9.48. The van der Waals surface area contributed by atoms with Crippen molar-refractivity contribution in [2.75, 3.05) is 12.9 Å². The van der Waals surface area contributed by atoms with E-state index < -0.39 is 20.5 Å². The van der Waals surface area contributed by atoms with Gasteiger partial charge in [0, 0.05) is 18.7 Å². The molecule has 5 nitrogen and oxygen atoms in total. The molecule has 0 radical (unpaired) electrons. The van der Waals surface area contributed by atoms with Gasteiger partial charge in [0.2, 0.25) is 0 Å². The van der Waals surface area contributed by atoms with Crippen molar-refractivity contribution in [3.63, 3.8) is 0 Å². The Hall–Kier alpha value is -1.18. The molecule has 90 valence electrons. The molecule has 0 saturated carbocycles. The minimum atomic E-state index is -3.68. The normalized spacial score (nSPS) is 11.7. The molecule has 0 spiro atoms. The summed E-state index contributed by atoms with van der Waals surface area (Å²) in [7, 11) is -3.68. The van der Waals surface area contributed by atoms with Gasteiger partial charge in [0.1, 0.15) is 16.5 Å². The number of sulfone groups is 1. The van der Waals surface area contributed by atoms with Crippen molar-refractivity contribution in [2.45, 2.75) is 11.3 Å². The van der Waals surface area contributed by atoms with Crippen LogP contribution >= 0.6 is 0 Å². The molecule has 0 aromatic heterocycles. The molecule has 0 aliphatic rings. The predicted octanol–water partition coefficient (Wildman–Crippen LogP) is 0.368. The van der Waals surface area contributed by atoms with Crippen LogP contribution in [0.3, 0.4) is 0 Å². The highest BCUT2D eigenvalue weighted by atomic mass is 32.2. The zero-order chi connectivity index (χ0) is 12.3. The molecular formula is C9H12FNO4S. The predicted molar refractivity (Wildman–Crippen MR) is 55.0 cm³/mol. The number of hydrogen-bond donors (Lipinski definition) is 2. The van der Waals surface area contributed by atoms with Gasteiger partial charge in [-0.3, -0.25) is 0 Å². The lowest BCUT2D eigenvalue weighted by Crippen LogP contribution is -2.06. The van der Waals surface area contributed by atoms with Crippen LogP contribution in [0.4, 0.5) is 4.39 Å². The van der Waals surface area contributed by atoms with Crippen LogP contribution in [0.25, 0.3) is 0 Å². The van der Waals surface area contributed by atoms with Gasteiger partial charge in [-0.1, -0.05) is 0 Å². The molecule has 0 heterocycles. The van der Waals surface area contributed by atoms with E-state index in [9.17, 15) is 17.9 Å². The van der Waals surface area contributed by atoms with Crippen molar-refractivity contribution in [1.82, 2.24) is 0 Å². The number of phenols is 1. The molecule has 1 aromatic rings. The summed E-state index contributed by atoms with van der Waals surface area (Å²) >= 11 is 0. The topological polar surface area (TPSA) is 89.6 Å². The van der Waals surface area contributed by atoms with Crippen molar-refractivity contribution >= 4 is 9.84 Å². The number of halogens is 1. The van der Waals surface area contributed by atoms with E-state index in [2.05, 4.69) is 4.84 Å². The maximum absolute atomic E-state index is 13.4. The largest absolute Gasteiger partial charge is 0.508 e. The van der Waals surface area contributed by atoms with Gasteiger partial charge in [-0.05, 0) is 11.6 Å². The fraction of sp³-hybridized carbons (Fsp3) is 0.333. The first-order chi connectivity index (χ1) is 7.36. The van der Waals surface area contributed by atoms with Crippen LogP contribution in [0.15, 0.2) is 17.0 Å². The molecule has 1 aromatic carbocycles. The number of phenolic OH excluding ortho intramolecular Hbond substituents is 1. The second-order valence-electron chi connectivity index (χ2n) is 3.30. The Morgan fingerprint density at radius 3 is 2.62 bits per heavy atom. The first kappa shape index (κ1) is 12.9. The van der Waals surface area contributed by atoms with E-state index in [0.29, 0.717) is 0 Å². The Kier molecular flexibility index (Phi) is 3.84. The monoisotopic (exact) mass is 249 g/mol. The van der Waals surface area contributed by atoms with Crippen LogP contribution < -0.4 is 5.90 Å². The summed E-state index contributed by atoms with van der Waals surface area (Å²) in [5.74, 6) is 3.60.